The van der Waals surface area contributed by atoms with Crippen molar-refractivity contribution >= 4 is 0 Å². The maximum absolute atomic E-state index is 9.47. The van der Waals surface area contributed by atoms with E-state index < -0.39 is 0 Å². The number of hydrogen-bond donors (Lipinski definition) is 2. The third-order valence-corrected chi connectivity index (χ3v) is 2.45. The molecule has 0 aromatic rings. The van der Waals surface area contributed by atoms with E-state index in [1.807, 2.05) is 0 Å². The molecule has 0 aromatic heterocycles. The molecular formula is C9H19NO2. The van der Waals surface area contributed by atoms with Crippen LogP contribution in [0.3, 0.4) is 0 Å². The minimum absolute atomic E-state index is 0.260. The lowest BCUT2D eigenvalue weighted by atomic mass is 10.1. The van der Waals surface area contributed by atoms with Gasteiger partial charge in [-0.3, -0.25) is 4.90 Å². The number of hydrogen-bond acceptors (Lipinski definition) is 3. The van der Waals surface area contributed by atoms with Crippen LogP contribution >= 0.6 is 0 Å². The third kappa shape index (κ3) is 2.73. The molecule has 1 aliphatic heterocycles. The van der Waals surface area contributed by atoms with E-state index in [-0.39, 0.29) is 12.2 Å². The van der Waals surface area contributed by atoms with Crippen LogP contribution in [-0.4, -0.2) is 46.5 Å². The standard InChI is InChI=1S/C9H19NO2/c1-7(2)10-5-8(11)3-4-9(12)6-10/h7-9,11-12H,3-6H2,1-2H3. The summed E-state index contributed by atoms with van der Waals surface area (Å²) in [5.41, 5.74) is 0. The van der Waals surface area contributed by atoms with Crippen molar-refractivity contribution in [2.75, 3.05) is 13.1 Å². The number of aliphatic hydroxyl groups is 2. The largest absolute Gasteiger partial charge is 0.392 e. The highest BCUT2D eigenvalue weighted by Gasteiger charge is 2.22. The molecule has 1 fully saturated rings. The number of rotatable bonds is 1. The van der Waals surface area contributed by atoms with Gasteiger partial charge in [0.25, 0.3) is 0 Å². The summed E-state index contributed by atoms with van der Waals surface area (Å²) in [7, 11) is 0. The van der Waals surface area contributed by atoms with Crippen molar-refractivity contribution in [1.82, 2.24) is 4.90 Å². The molecule has 0 saturated carbocycles. The van der Waals surface area contributed by atoms with E-state index in [4.69, 9.17) is 0 Å². The SMILES string of the molecule is CC(C)N1CC(O)CCC(O)C1. The van der Waals surface area contributed by atoms with Gasteiger partial charge in [-0.15, -0.1) is 0 Å². The quantitative estimate of drug-likeness (QED) is 0.596. The molecule has 1 rings (SSSR count). The number of β-amino-alcohol motifs (C(OH)–C–C–N with tert-alkyl or cyclic N) is 2. The van der Waals surface area contributed by atoms with Gasteiger partial charge in [-0.25, -0.2) is 0 Å². The number of nitrogens with zero attached hydrogens (tertiary/aromatic N) is 1. The fraction of sp³-hybridized carbons (Fsp3) is 1.00. The second-order valence-corrected chi connectivity index (χ2v) is 3.93. The maximum Gasteiger partial charge on any atom is 0.0668 e. The molecule has 2 unspecified atom stereocenters. The lowest BCUT2D eigenvalue weighted by Gasteiger charge is -2.26. The number of aliphatic hydroxyl groups excluding tert-OH is 2. The molecule has 2 atom stereocenters. The first-order chi connectivity index (χ1) is 5.59. The Morgan fingerprint density at radius 3 is 1.83 bits per heavy atom. The summed E-state index contributed by atoms with van der Waals surface area (Å²) in [5, 5.41) is 18.9. The van der Waals surface area contributed by atoms with Gasteiger partial charge in [0.15, 0.2) is 0 Å². The van der Waals surface area contributed by atoms with Gasteiger partial charge < -0.3 is 10.2 Å². The predicted octanol–water partition coefficient (Wildman–Crippen LogP) is 0.212. The molecule has 1 saturated heterocycles. The van der Waals surface area contributed by atoms with Crippen molar-refractivity contribution < 1.29 is 10.2 Å². The van der Waals surface area contributed by atoms with E-state index >= 15 is 0 Å². The molecule has 0 radical (unpaired) electrons. The van der Waals surface area contributed by atoms with E-state index in [1.165, 1.54) is 0 Å². The minimum atomic E-state index is -0.260. The molecule has 1 aliphatic rings. The minimum Gasteiger partial charge on any atom is -0.392 e. The zero-order valence-corrected chi connectivity index (χ0v) is 7.90. The predicted molar refractivity (Wildman–Crippen MR) is 48.0 cm³/mol. The van der Waals surface area contributed by atoms with E-state index in [9.17, 15) is 10.2 Å². The Hall–Kier alpha value is -0.120. The van der Waals surface area contributed by atoms with Crippen molar-refractivity contribution in [1.29, 1.82) is 0 Å². The van der Waals surface area contributed by atoms with Crippen LogP contribution in [0.25, 0.3) is 0 Å². The Morgan fingerprint density at radius 1 is 1.08 bits per heavy atom. The zero-order chi connectivity index (χ0) is 9.14. The Labute approximate surface area is 74.0 Å². The average molecular weight is 173 g/mol. The smallest absolute Gasteiger partial charge is 0.0668 e. The summed E-state index contributed by atoms with van der Waals surface area (Å²) in [4.78, 5) is 2.13. The van der Waals surface area contributed by atoms with E-state index in [0.717, 1.165) is 12.8 Å². The fourth-order valence-electron chi connectivity index (χ4n) is 1.60. The zero-order valence-electron chi connectivity index (χ0n) is 7.90. The molecule has 0 aliphatic carbocycles. The summed E-state index contributed by atoms with van der Waals surface area (Å²) in [6.07, 6.45) is 0.934. The molecule has 2 N–H and O–H groups in total. The first kappa shape index (κ1) is 9.96. The van der Waals surface area contributed by atoms with Gasteiger partial charge in [-0.05, 0) is 26.7 Å². The van der Waals surface area contributed by atoms with Crippen LogP contribution in [0.5, 0.6) is 0 Å². The normalized spacial score (nSPS) is 33.8. The van der Waals surface area contributed by atoms with Gasteiger partial charge in [0.2, 0.25) is 0 Å². The Bertz CT molecular complexity index is 126. The summed E-state index contributed by atoms with van der Waals surface area (Å²) in [5.74, 6) is 0. The lowest BCUT2D eigenvalue weighted by Crippen LogP contribution is -2.39. The first-order valence-electron chi connectivity index (χ1n) is 4.69. The van der Waals surface area contributed by atoms with Crippen LogP contribution in [0.2, 0.25) is 0 Å². The van der Waals surface area contributed by atoms with E-state index in [0.29, 0.717) is 19.1 Å². The van der Waals surface area contributed by atoms with Crippen molar-refractivity contribution in [3.8, 4) is 0 Å². The van der Waals surface area contributed by atoms with Gasteiger partial charge in [0, 0.05) is 19.1 Å². The average Bonchev–Trinajstić information content (AvgIpc) is 2.13. The topological polar surface area (TPSA) is 43.7 Å². The molecular weight excluding hydrogens is 154 g/mol. The van der Waals surface area contributed by atoms with Crippen LogP contribution in [0.15, 0.2) is 0 Å². The second kappa shape index (κ2) is 4.21. The molecule has 12 heavy (non-hydrogen) atoms. The van der Waals surface area contributed by atoms with Crippen LogP contribution in [0, 0.1) is 0 Å². The fourth-order valence-corrected chi connectivity index (χ4v) is 1.60. The lowest BCUT2D eigenvalue weighted by molar-refractivity contribution is 0.0873. The van der Waals surface area contributed by atoms with Gasteiger partial charge in [0.05, 0.1) is 12.2 Å². The Balaban J connectivity index is 2.49. The monoisotopic (exact) mass is 173 g/mol. The highest BCUT2D eigenvalue weighted by atomic mass is 16.3. The molecule has 0 amide bonds. The van der Waals surface area contributed by atoms with Gasteiger partial charge in [0.1, 0.15) is 0 Å². The Kier molecular flexibility index (Phi) is 3.50. The highest BCUT2D eigenvalue weighted by molar-refractivity contribution is 4.76. The van der Waals surface area contributed by atoms with Crippen molar-refractivity contribution in [2.45, 2.75) is 44.9 Å². The maximum atomic E-state index is 9.47. The van der Waals surface area contributed by atoms with Gasteiger partial charge in [-0.2, -0.15) is 0 Å². The summed E-state index contributed by atoms with van der Waals surface area (Å²) >= 11 is 0. The summed E-state index contributed by atoms with van der Waals surface area (Å²) in [6, 6.07) is 0.410. The molecule has 0 aromatic carbocycles. The van der Waals surface area contributed by atoms with Crippen molar-refractivity contribution in [2.24, 2.45) is 0 Å². The van der Waals surface area contributed by atoms with Gasteiger partial charge >= 0.3 is 0 Å². The third-order valence-electron chi connectivity index (χ3n) is 2.45. The molecule has 72 valence electrons. The molecule has 0 bridgehead atoms. The van der Waals surface area contributed by atoms with E-state index in [1.54, 1.807) is 0 Å². The van der Waals surface area contributed by atoms with E-state index in [2.05, 4.69) is 18.7 Å². The second-order valence-electron chi connectivity index (χ2n) is 3.93. The van der Waals surface area contributed by atoms with Crippen LogP contribution in [0.1, 0.15) is 26.7 Å². The Morgan fingerprint density at radius 2 is 1.50 bits per heavy atom. The van der Waals surface area contributed by atoms with Crippen molar-refractivity contribution in [3.05, 3.63) is 0 Å². The summed E-state index contributed by atoms with van der Waals surface area (Å²) in [6.45, 7) is 5.58. The molecule has 0 spiro atoms. The van der Waals surface area contributed by atoms with Gasteiger partial charge in [-0.1, -0.05) is 0 Å². The van der Waals surface area contributed by atoms with Crippen LogP contribution in [-0.2, 0) is 0 Å². The highest BCUT2D eigenvalue weighted by Crippen LogP contribution is 2.13. The molecule has 3 heteroatoms. The molecule has 3 nitrogen and oxygen atoms in total. The number of likely N-dealkylation sites (tertiary alicyclic amines) is 1. The van der Waals surface area contributed by atoms with Crippen LogP contribution in [0.4, 0.5) is 0 Å². The first-order valence-corrected chi connectivity index (χ1v) is 4.69. The molecule has 1 heterocycles. The van der Waals surface area contributed by atoms with Crippen LogP contribution < -0.4 is 0 Å². The van der Waals surface area contributed by atoms with Crippen molar-refractivity contribution in [3.63, 3.8) is 0 Å². The summed E-state index contributed by atoms with van der Waals surface area (Å²) < 4.78 is 0.